The molecular formula is C13H11O8Rh-. The van der Waals surface area contributed by atoms with Gasteiger partial charge in [0.25, 0.3) is 11.9 Å². The number of hydrogen-bond acceptors (Lipinski definition) is 6. The predicted molar refractivity (Wildman–Crippen MR) is 63.9 cm³/mol. The third kappa shape index (κ3) is 6.10. The van der Waals surface area contributed by atoms with Gasteiger partial charge < -0.3 is 14.2 Å². The van der Waals surface area contributed by atoms with Crippen molar-refractivity contribution in [2.45, 2.75) is 0 Å². The van der Waals surface area contributed by atoms with E-state index in [9.17, 15) is 14.4 Å². The summed E-state index contributed by atoms with van der Waals surface area (Å²) in [7, 11) is 3.50. The van der Waals surface area contributed by atoms with Crippen molar-refractivity contribution >= 4 is 17.9 Å². The molecule has 0 amide bonds. The van der Waals surface area contributed by atoms with Crippen LogP contribution in [-0.2, 0) is 43.0 Å². The Morgan fingerprint density at radius 1 is 0.864 bits per heavy atom. The Morgan fingerprint density at radius 3 is 1.41 bits per heavy atom. The maximum absolute atomic E-state index is 11.5. The number of methoxy groups -OCH3 is 3. The zero-order valence-corrected chi connectivity index (χ0v) is 13.4. The Hall–Kier alpha value is -2.14. The van der Waals surface area contributed by atoms with E-state index < -0.39 is 17.9 Å². The molecule has 0 bridgehead atoms. The molecule has 8 nitrogen and oxygen atoms in total. The first kappa shape index (κ1) is 24.9. The molecule has 0 saturated heterocycles. The Labute approximate surface area is 139 Å². The number of hydrogen-bond donors (Lipinski definition) is 0. The average Bonchev–Trinajstić information content (AvgIpc) is 3.01. The first-order valence-electron chi connectivity index (χ1n) is 5.02. The van der Waals surface area contributed by atoms with Crippen molar-refractivity contribution in [1.29, 1.82) is 0 Å². The topological polar surface area (TPSA) is 119 Å². The fourth-order valence-electron chi connectivity index (χ4n) is 1.36. The Balaban J connectivity index is -0.000000665. The molecule has 9 heteroatoms. The van der Waals surface area contributed by atoms with E-state index in [-0.39, 0.29) is 36.2 Å². The fourth-order valence-corrected chi connectivity index (χ4v) is 1.36. The van der Waals surface area contributed by atoms with Crippen molar-refractivity contribution in [2.75, 3.05) is 21.3 Å². The van der Waals surface area contributed by atoms with Crippen molar-refractivity contribution in [3.63, 3.8) is 0 Å². The van der Waals surface area contributed by atoms with Crippen LogP contribution in [-0.4, -0.2) is 39.2 Å². The minimum absolute atomic E-state index is 0. The van der Waals surface area contributed by atoms with Gasteiger partial charge in [-0.1, -0.05) is 0 Å². The second-order valence-corrected chi connectivity index (χ2v) is 3.01. The van der Waals surface area contributed by atoms with Gasteiger partial charge in [-0.25, -0.2) is 0 Å². The van der Waals surface area contributed by atoms with Crippen LogP contribution in [0.1, 0.15) is 31.1 Å². The van der Waals surface area contributed by atoms with E-state index in [1.165, 1.54) is 26.4 Å². The number of esters is 3. The van der Waals surface area contributed by atoms with Crippen LogP contribution in [0.15, 0.2) is 12.1 Å². The number of carbonyl (C=O) groups excluding carboxylic acids is 3. The van der Waals surface area contributed by atoms with Crippen LogP contribution in [0.25, 0.3) is 0 Å². The van der Waals surface area contributed by atoms with Crippen LogP contribution in [0.2, 0.25) is 0 Å². The molecule has 0 saturated carbocycles. The monoisotopic (exact) mass is 398 g/mol. The summed E-state index contributed by atoms with van der Waals surface area (Å²) in [5.74, 6) is -2.24. The summed E-state index contributed by atoms with van der Waals surface area (Å²) >= 11 is 0. The molecule has 1 rings (SSSR count). The van der Waals surface area contributed by atoms with E-state index >= 15 is 0 Å². The largest absolute Gasteiger partial charge is 0 e. The van der Waals surface area contributed by atoms with Crippen LogP contribution in [0.4, 0.5) is 0 Å². The molecule has 0 aliphatic rings. The normalized spacial score (nSPS) is 7.59. The molecule has 1 aromatic rings. The van der Waals surface area contributed by atoms with Crippen molar-refractivity contribution in [3.05, 3.63) is 42.1 Å². The molecular weight excluding hydrogens is 387 g/mol. The van der Waals surface area contributed by atoms with Gasteiger partial charge >= 0.3 is 28.6 Å². The molecule has 0 aromatic heterocycles. The van der Waals surface area contributed by atoms with E-state index in [0.29, 0.717) is 0 Å². The SMILES string of the molecule is COC(=O)c1ccc(C(=O)OC)[c-]1C(=O)OC.[C-]#[O+].[C-]#[O+].[Rh]. The van der Waals surface area contributed by atoms with E-state index in [4.69, 9.17) is 9.30 Å². The van der Waals surface area contributed by atoms with Gasteiger partial charge in [-0.3, -0.25) is 14.4 Å². The van der Waals surface area contributed by atoms with Gasteiger partial charge in [-0.15, -0.1) is 12.1 Å². The molecule has 0 atom stereocenters. The molecule has 121 valence electrons. The maximum atomic E-state index is 11.5. The molecule has 0 fully saturated rings. The number of ether oxygens (including phenoxy) is 3. The molecule has 0 aliphatic heterocycles. The second kappa shape index (κ2) is 13.8. The van der Waals surface area contributed by atoms with E-state index in [2.05, 4.69) is 27.5 Å². The molecule has 1 aromatic carbocycles. The standard InChI is InChI=1S/C11H11O6.2CO.Rh/c1-15-9(12)6-4-5-7(10(13)16-2)8(6)11(14)17-3;2*1-2;/h4-5H,1-3H3;;;/q-1;;;. The van der Waals surface area contributed by atoms with Gasteiger partial charge in [0.1, 0.15) is 0 Å². The zero-order valence-electron chi connectivity index (χ0n) is 11.8. The van der Waals surface area contributed by atoms with Gasteiger partial charge in [0.15, 0.2) is 0 Å². The number of carbonyl (C=O) groups is 3. The van der Waals surface area contributed by atoms with Crippen LogP contribution in [0, 0.1) is 13.3 Å². The van der Waals surface area contributed by atoms with Crippen molar-refractivity contribution in [3.8, 4) is 0 Å². The molecule has 0 heterocycles. The van der Waals surface area contributed by atoms with Gasteiger partial charge in [-0.05, 0) is 11.1 Å². The summed E-state index contributed by atoms with van der Waals surface area (Å²) in [4.78, 5) is 34.3. The summed E-state index contributed by atoms with van der Waals surface area (Å²) in [5, 5.41) is 0. The van der Waals surface area contributed by atoms with Crippen LogP contribution < -0.4 is 0 Å². The van der Waals surface area contributed by atoms with Crippen molar-refractivity contribution < 1.29 is 57.4 Å². The third-order valence-electron chi connectivity index (χ3n) is 2.16. The van der Waals surface area contributed by atoms with Crippen LogP contribution in [0.3, 0.4) is 0 Å². The molecule has 0 spiro atoms. The molecule has 1 radical (unpaired) electrons. The number of rotatable bonds is 3. The van der Waals surface area contributed by atoms with Gasteiger partial charge in [0.05, 0.1) is 21.3 Å². The van der Waals surface area contributed by atoms with E-state index in [1.54, 1.807) is 0 Å². The summed E-state index contributed by atoms with van der Waals surface area (Å²) in [6.45, 7) is 9.00. The smallest absolute Gasteiger partial charge is 0 e. The maximum Gasteiger partial charge on any atom is 0 e. The molecule has 0 N–H and O–H groups in total. The van der Waals surface area contributed by atoms with Crippen LogP contribution in [0.5, 0.6) is 0 Å². The summed E-state index contributed by atoms with van der Waals surface area (Å²) in [6.07, 6.45) is 0. The van der Waals surface area contributed by atoms with Crippen molar-refractivity contribution in [1.82, 2.24) is 0 Å². The Kier molecular flexibility index (Phi) is 15.6. The predicted octanol–water partition coefficient (Wildman–Crippen LogP) is 0.688. The van der Waals surface area contributed by atoms with Crippen molar-refractivity contribution in [2.24, 2.45) is 0 Å². The summed E-state index contributed by atoms with van der Waals surface area (Å²) in [5.41, 5.74) is -0.203. The van der Waals surface area contributed by atoms with Crippen LogP contribution >= 0.6 is 0 Å². The molecule has 0 unspecified atom stereocenters. The third-order valence-corrected chi connectivity index (χ3v) is 2.16. The van der Waals surface area contributed by atoms with E-state index in [0.717, 1.165) is 7.11 Å². The Morgan fingerprint density at radius 2 is 1.18 bits per heavy atom. The summed E-state index contributed by atoms with van der Waals surface area (Å²) < 4.78 is 28.5. The summed E-state index contributed by atoms with van der Waals surface area (Å²) in [6, 6.07) is 2.62. The van der Waals surface area contributed by atoms with Gasteiger partial charge in [0.2, 0.25) is 0 Å². The zero-order chi connectivity index (χ0) is 17.0. The first-order chi connectivity index (χ1) is 10.1. The molecule has 22 heavy (non-hydrogen) atoms. The molecule has 0 aliphatic carbocycles. The second-order valence-electron chi connectivity index (χ2n) is 3.01. The van der Waals surface area contributed by atoms with Gasteiger partial charge in [-0.2, -0.15) is 0 Å². The van der Waals surface area contributed by atoms with Gasteiger partial charge in [0, 0.05) is 25.0 Å². The minimum atomic E-state index is -0.796. The average molecular weight is 398 g/mol. The van der Waals surface area contributed by atoms with E-state index in [1.807, 2.05) is 0 Å². The first-order valence-corrected chi connectivity index (χ1v) is 5.02. The fraction of sp³-hybridized carbons (Fsp3) is 0.231. The quantitative estimate of drug-likeness (QED) is 0.243. The minimum Gasteiger partial charge on any atom is 0 e. The Bertz CT molecular complexity index is 501.